The Morgan fingerprint density at radius 1 is 1.48 bits per heavy atom. The van der Waals surface area contributed by atoms with E-state index in [2.05, 4.69) is 17.1 Å². The molecule has 2 aromatic rings. The molecule has 21 heavy (non-hydrogen) atoms. The highest BCUT2D eigenvalue weighted by atomic mass is 16.7. The first-order valence-electron chi connectivity index (χ1n) is 7.19. The highest BCUT2D eigenvalue weighted by Gasteiger charge is 2.41. The molecule has 1 N–H and O–H groups in total. The molecule has 2 aliphatic heterocycles. The predicted octanol–water partition coefficient (Wildman–Crippen LogP) is 2.46. The largest absolute Gasteiger partial charge is 0.462 e. The number of rotatable bonds is 2. The predicted molar refractivity (Wildman–Crippen MR) is 77.3 cm³/mol. The number of nitrogens with one attached hydrogen (secondary N) is 1. The van der Waals surface area contributed by atoms with E-state index in [1.54, 1.807) is 6.92 Å². The van der Waals surface area contributed by atoms with Gasteiger partial charge < -0.3 is 14.6 Å². The van der Waals surface area contributed by atoms with Crippen molar-refractivity contribution in [3.63, 3.8) is 0 Å². The number of nitrogens with zero attached hydrogens (tertiary/aromatic N) is 1. The third-order valence-electron chi connectivity index (χ3n) is 4.11. The van der Waals surface area contributed by atoms with Gasteiger partial charge in [-0.15, -0.1) is 5.06 Å². The first-order valence-corrected chi connectivity index (χ1v) is 7.19. The van der Waals surface area contributed by atoms with Crippen molar-refractivity contribution in [2.75, 3.05) is 13.2 Å². The molecular formula is C16H16N2O3. The van der Waals surface area contributed by atoms with Gasteiger partial charge in [-0.05, 0) is 25.0 Å². The van der Waals surface area contributed by atoms with E-state index < -0.39 is 0 Å². The zero-order valence-electron chi connectivity index (χ0n) is 11.8. The number of fused-ring (bicyclic) bond motifs is 5. The van der Waals surface area contributed by atoms with Crippen LogP contribution in [-0.4, -0.2) is 29.2 Å². The Morgan fingerprint density at radius 3 is 3.19 bits per heavy atom. The molecule has 1 aromatic heterocycles. The number of ether oxygens (including phenoxy) is 1. The Labute approximate surface area is 122 Å². The molecule has 1 atom stereocenters. The lowest BCUT2D eigenvalue weighted by Gasteiger charge is -2.28. The lowest BCUT2D eigenvalue weighted by molar-refractivity contribution is -0.140. The van der Waals surface area contributed by atoms with E-state index in [1.807, 2.05) is 17.2 Å². The van der Waals surface area contributed by atoms with Gasteiger partial charge in [0, 0.05) is 23.1 Å². The maximum Gasteiger partial charge on any atom is 0.339 e. The van der Waals surface area contributed by atoms with E-state index in [0.717, 1.165) is 24.2 Å². The van der Waals surface area contributed by atoms with Crippen molar-refractivity contribution in [2.24, 2.45) is 0 Å². The van der Waals surface area contributed by atoms with Crippen molar-refractivity contribution >= 4 is 16.9 Å². The van der Waals surface area contributed by atoms with Gasteiger partial charge in [-0.25, -0.2) is 4.79 Å². The molecule has 0 saturated carbocycles. The van der Waals surface area contributed by atoms with E-state index in [0.29, 0.717) is 12.2 Å². The van der Waals surface area contributed by atoms with Gasteiger partial charge in [-0.1, -0.05) is 18.2 Å². The SMILES string of the molecule is CCOC(=O)C1=CON2CCc3c([nH]c4ccccc34)C12. The van der Waals surface area contributed by atoms with Crippen molar-refractivity contribution in [3.8, 4) is 0 Å². The summed E-state index contributed by atoms with van der Waals surface area (Å²) >= 11 is 0. The molecule has 0 amide bonds. The first-order chi connectivity index (χ1) is 10.3. The maximum atomic E-state index is 12.1. The third-order valence-corrected chi connectivity index (χ3v) is 4.11. The van der Waals surface area contributed by atoms with Crippen LogP contribution >= 0.6 is 0 Å². The number of hydroxylamine groups is 2. The summed E-state index contributed by atoms with van der Waals surface area (Å²) in [7, 11) is 0. The summed E-state index contributed by atoms with van der Waals surface area (Å²) in [5.74, 6) is -0.309. The summed E-state index contributed by atoms with van der Waals surface area (Å²) in [5, 5.41) is 3.06. The zero-order valence-corrected chi connectivity index (χ0v) is 11.8. The topological polar surface area (TPSA) is 54.6 Å². The highest BCUT2D eigenvalue weighted by molar-refractivity contribution is 5.92. The van der Waals surface area contributed by atoms with Crippen LogP contribution in [0.1, 0.15) is 24.2 Å². The van der Waals surface area contributed by atoms with Crippen LogP contribution in [0, 0.1) is 0 Å². The standard InChI is InChI=1S/C16H16N2O3/c1-2-20-16(19)12-9-21-18-8-7-11-10-5-3-4-6-13(10)17-14(11)15(12)18/h3-6,9,15,17H,2,7-8H2,1H3. The number of carbonyl (C=O) groups excluding carboxylic acids is 1. The number of carbonyl (C=O) groups is 1. The highest BCUT2D eigenvalue weighted by Crippen LogP contribution is 2.41. The summed E-state index contributed by atoms with van der Waals surface area (Å²) in [4.78, 5) is 21.1. The number of para-hydroxylation sites is 1. The van der Waals surface area contributed by atoms with Crippen LogP contribution in [0.4, 0.5) is 0 Å². The molecule has 5 nitrogen and oxygen atoms in total. The second-order valence-corrected chi connectivity index (χ2v) is 5.26. The number of hydrogen-bond acceptors (Lipinski definition) is 4. The monoisotopic (exact) mass is 284 g/mol. The third kappa shape index (κ3) is 1.77. The van der Waals surface area contributed by atoms with Crippen LogP contribution in [0.15, 0.2) is 36.1 Å². The summed E-state index contributed by atoms with van der Waals surface area (Å²) < 4.78 is 5.14. The number of aromatic amines is 1. The van der Waals surface area contributed by atoms with Crippen LogP contribution in [0.2, 0.25) is 0 Å². The molecule has 2 aliphatic rings. The average molecular weight is 284 g/mol. The Kier molecular flexibility index (Phi) is 2.75. The van der Waals surface area contributed by atoms with Crippen molar-refractivity contribution in [3.05, 3.63) is 47.4 Å². The molecule has 0 saturated heterocycles. The smallest absolute Gasteiger partial charge is 0.339 e. The minimum absolute atomic E-state index is 0.194. The molecule has 3 heterocycles. The lowest BCUT2D eigenvalue weighted by atomic mass is 9.95. The molecule has 0 radical (unpaired) electrons. The molecule has 0 aliphatic carbocycles. The van der Waals surface area contributed by atoms with Crippen LogP contribution in [0.25, 0.3) is 10.9 Å². The number of benzene rings is 1. The molecule has 0 fully saturated rings. The summed E-state index contributed by atoms with van der Waals surface area (Å²) in [6.45, 7) is 2.93. The number of aromatic nitrogens is 1. The fraction of sp³-hybridized carbons (Fsp3) is 0.312. The van der Waals surface area contributed by atoms with Gasteiger partial charge in [0.05, 0.1) is 6.61 Å². The molecule has 108 valence electrons. The Morgan fingerprint density at radius 2 is 2.33 bits per heavy atom. The van der Waals surface area contributed by atoms with Crippen LogP contribution in [0.3, 0.4) is 0 Å². The van der Waals surface area contributed by atoms with Crippen LogP contribution in [-0.2, 0) is 20.8 Å². The molecule has 0 spiro atoms. The summed E-state index contributed by atoms with van der Waals surface area (Å²) in [5.41, 5.74) is 3.97. The quantitative estimate of drug-likeness (QED) is 0.861. The van der Waals surface area contributed by atoms with Gasteiger partial charge in [0.2, 0.25) is 0 Å². The van der Waals surface area contributed by atoms with E-state index in [-0.39, 0.29) is 12.0 Å². The van der Waals surface area contributed by atoms with E-state index in [9.17, 15) is 4.79 Å². The van der Waals surface area contributed by atoms with Crippen LogP contribution < -0.4 is 0 Å². The van der Waals surface area contributed by atoms with E-state index in [4.69, 9.17) is 9.57 Å². The van der Waals surface area contributed by atoms with Gasteiger partial charge in [-0.3, -0.25) is 0 Å². The van der Waals surface area contributed by atoms with Gasteiger partial charge in [-0.2, -0.15) is 0 Å². The molecule has 1 aromatic carbocycles. The second kappa shape index (κ2) is 4.63. The van der Waals surface area contributed by atoms with E-state index >= 15 is 0 Å². The molecular weight excluding hydrogens is 268 g/mol. The second-order valence-electron chi connectivity index (χ2n) is 5.26. The fourth-order valence-corrected chi connectivity index (χ4v) is 3.21. The van der Waals surface area contributed by atoms with Crippen molar-refractivity contribution in [1.29, 1.82) is 0 Å². The Bertz CT molecular complexity index is 747. The molecule has 1 unspecified atom stereocenters. The molecule has 4 rings (SSSR count). The van der Waals surface area contributed by atoms with Gasteiger partial charge in [0.1, 0.15) is 17.9 Å². The van der Waals surface area contributed by atoms with Crippen molar-refractivity contribution in [1.82, 2.24) is 10.0 Å². The normalized spacial score (nSPS) is 20.6. The number of H-pyrrole nitrogens is 1. The Hall–Kier alpha value is -2.27. The summed E-state index contributed by atoms with van der Waals surface area (Å²) in [6.07, 6.45) is 2.42. The van der Waals surface area contributed by atoms with Crippen molar-refractivity contribution < 1.29 is 14.4 Å². The van der Waals surface area contributed by atoms with E-state index in [1.165, 1.54) is 17.2 Å². The maximum absolute atomic E-state index is 12.1. The van der Waals surface area contributed by atoms with Gasteiger partial charge >= 0.3 is 5.97 Å². The molecule has 0 bridgehead atoms. The zero-order chi connectivity index (χ0) is 14.4. The van der Waals surface area contributed by atoms with Gasteiger partial charge in [0.15, 0.2) is 0 Å². The molecule has 5 heteroatoms. The Balaban J connectivity index is 1.81. The van der Waals surface area contributed by atoms with Crippen LogP contribution in [0.5, 0.6) is 0 Å². The number of esters is 1. The minimum Gasteiger partial charge on any atom is -0.462 e. The fourth-order valence-electron chi connectivity index (χ4n) is 3.21. The van der Waals surface area contributed by atoms with Crippen molar-refractivity contribution in [2.45, 2.75) is 19.4 Å². The van der Waals surface area contributed by atoms with Gasteiger partial charge in [0.25, 0.3) is 0 Å². The lowest BCUT2D eigenvalue weighted by Crippen LogP contribution is -2.33. The summed E-state index contributed by atoms with van der Waals surface area (Å²) in [6, 6.07) is 8.02. The average Bonchev–Trinajstić information content (AvgIpc) is 3.08. The first kappa shape index (κ1) is 12.5. The minimum atomic E-state index is -0.309. The number of hydrogen-bond donors (Lipinski definition) is 1.